The second-order valence-electron chi connectivity index (χ2n) is 3.97. The zero-order chi connectivity index (χ0) is 13.9. The third kappa shape index (κ3) is 2.61. The van der Waals surface area contributed by atoms with Crippen molar-refractivity contribution in [3.63, 3.8) is 0 Å². The van der Waals surface area contributed by atoms with Gasteiger partial charge in [-0.1, -0.05) is 6.92 Å². The molecule has 1 unspecified atom stereocenters. The molecule has 1 atom stereocenters. The van der Waals surface area contributed by atoms with Crippen LogP contribution in [0, 0.1) is 11.8 Å². The van der Waals surface area contributed by atoms with Gasteiger partial charge in [-0.05, 0) is 19.4 Å². The summed E-state index contributed by atoms with van der Waals surface area (Å²) in [6.45, 7) is 3.04. The van der Waals surface area contributed by atoms with Crippen LogP contribution in [0.25, 0.3) is 0 Å². The number of carbonyl (C=O) groups is 2. The highest BCUT2D eigenvalue weighted by molar-refractivity contribution is 5.98. The molecule has 1 rings (SSSR count). The maximum atomic E-state index is 13.3. The van der Waals surface area contributed by atoms with Crippen molar-refractivity contribution in [1.82, 2.24) is 10.3 Å². The van der Waals surface area contributed by atoms with Crippen molar-refractivity contribution in [3.05, 3.63) is 29.6 Å². The summed E-state index contributed by atoms with van der Waals surface area (Å²) >= 11 is 0. The van der Waals surface area contributed by atoms with Gasteiger partial charge in [-0.3, -0.25) is 9.59 Å². The zero-order valence-electron chi connectivity index (χ0n) is 9.96. The first-order chi connectivity index (χ1) is 8.31. The number of hydrogen-bond donors (Lipinski definition) is 2. The SMILES string of the molecule is CCC(C)(NC(=O)c1ccnc(F)c1F)C(N)=O. The van der Waals surface area contributed by atoms with Crippen LogP contribution in [0.5, 0.6) is 0 Å². The van der Waals surface area contributed by atoms with E-state index >= 15 is 0 Å². The minimum absolute atomic E-state index is 0.225. The summed E-state index contributed by atoms with van der Waals surface area (Å²) in [6.07, 6.45) is 1.18. The lowest BCUT2D eigenvalue weighted by Crippen LogP contribution is -2.55. The summed E-state index contributed by atoms with van der Waals surface area (Å²) < 4.78 is 26.2. The van der Waals surface area contributed by atoms with E-state index in [0.717, 1.165) is 12.3 Å². The van der Waals surface area contributed by atoms with Gasteiger partial charge in [0.1, 0.15) is 5.54 Å². The fourth-order valence-corrected chi connectivity index (χ4v) is 1.24. The number of aromatic nitrogens is 1. The maximum absolute atomic E-state index is 13.3. The molecule has 1 heterocycles. The van der Waals surface area contributed by atoms with Crippen LogP contribution in [0.4, 0.5) is 8.78 Å². The molecule has 0 bridgehead atoms. The molecule has 0 radical (unpaired) electrons. The maximum Gasteiger partial charge on any atom is 0.255 e. The lowest BCUT2D eigenvalue weighted by atomic mass is 9.97. The Balaban J connectivity index is 3.02. The number of hydrogen-bond acceptors (Lipinski definition) is 3. The fourth-order valence-electron chi connectivity index (χ4n) is 1.24. The Hall–Kier alpha value is -2.05. The summed E-state index contributed by atoms with van der Waals surface area (Å²) in [6, 6.07) is 1.02. The third-order valence-electron chi connectivity index (χ3n) is 2.73. The van der Waals surface area contributed by atoms with E-state index in [9.17, 15) is 18.4 Å². The van der Waals surface area contributed by atoms with Crippen LogP contribution in [0.3, 0.4) is 0 Å². The number of amides is 2. The minimum atomic E-state index is -1.38. The predicted octanol–water partition coefficient (Wildman–Crippen LogP) is 0.744. The highest BCUT2D eigenvalue weighted by Gasteiger charge is 2.32. The largest absolute Gasteiger partial charge is 0.368 e. The molecule has 7 heteroatoms. The van der Waals surface area contributed by atoms with Crippen molar-refractivity contribution in [3.8, 4) is 0 Å². The molecule has 0 saturated heterocycles. The summed E-state index contributed by atoms with van der Waals surface area (Å²) in [5.41, 5.74) is 3.30. The van der Waals surface area contributed by atoms with Gasteiger partial charge in [-0.25, -0.2) is 9.37 Å². The number of halogens is 2. The molecule has 5 nitrogen and oxygen atoms in total. The van der Waals surface area contributed by atoms with Gasteiger partial charge in [0, 0.05) is 6.20 Å². The Morgan fingerprint density at radius 1 is 1.50 bits per heavy atom. The molecular formula is C11H13F2N3O2. The van der Waals surface area contributed by atoms with Crippen LogP contribution in [-0.4, -0.2) is 22.3 Å². The van der Waals surface area contributed by atoms with Gasteiger partial charge in [0.15, 0.2) is 5.82 Å². The number of primary amides is 1. The number of nitrogens with one attached hydrogen (secondary N) is 1. The number of pyridine rings is 1. The zero-order valence-corrected chi connectivity index (χ0v) is 9.96. The first-order valence-corrected chi connectivity index (χ1v) is 5.24. The van der Waals surface area contributed by atoms with E-state index < -0.39 is 34.7 Å². The van der Waals surface area contributed by atoms with Crippen LogP contribution in [0.15, 0.2) is 12.3 Å². The quantitative estimate of drug-likeness (QED) is 0.780. The predicted molar refractivity (Wildman–Crippen MR) is 59.5 cm³/mol. The second-order valence-corrected chi connectivity index (χ2v) is 3.97. The summed E-state index contributed by atoms with van der Waals surface area (Å²) in [5.74, 6) is -4.41. The lowest BCUT2D eigenvalue weighted by molar-refractivity contribution is -0.123. The molecular weight excluding hydrogens is 244 g/mol. The van der Waals surface area contributed by atoms with E-state index in [1.807, 2.05) is 0 Å². The molecule has 18 heavy (non-hydrogen) atoms. The van der Waals surface area contributed by atoms with Gasteiger partial charge >= 0.3 is 0 Å². The number of carbonyl (C=O) groups excluding carboxylic acids is 2. The molecule has 0 spiro atoms. The van der Waals surface area contributed by atoms with Crippen LogP contribution in [0.2, 0.25) is 0 Å². The van der Waals surface area contributed by atoms with Crippen molar-refractivity contribution in [2.75, 3.05) is 0 Å². The van der Waals surface area contributed by atoms with Gasteiger partial charge in [0.2, 0.25) is 11.9 Å². The molecule has 0 aliphatic heterocycles. The van der Waals surface area contributed by atoms with Crippen molar-refractivity contribution >= 4 is 11.8 Å². The van der Waals surface area contributed by atoms with E-state index in [0.29, 0.717) is 0 Å². The Bertz CT molecular complexity index is 493. The molecule has 0 fully saturated rings. The summed E-state index contributed by atoms with van der Waals surface area (Å²) in [5, 5.41) is 2.28. The number of nitrogens with zero attached hydrogens (tertiary/aromatic N) is 1. The molecule has 0 aromatic carbocycles. The number of nitrogens with two attached hydrogens (primary N) is 1. The molecule has 0 aliphatic rings. The minimum Gasteiger partial charge on any atom is -0.368 e. The monoisotopic (exact) mass is 257 g/mol. The van der Waals surface area contributed by atoms with Gasteiger partial charge in [0.05, 0.1) is 5.56 Å². The summed E-state index contributed by atoms with van der Waals surface area (Å²) in [7, 11) is 0. The molecule has 0 aliphatic carbocycles. The molecule has 3 N–H and O–H groups in total. The van der Waals surface area contributed by atoms with Crippen molar-refractivity contribution in [2.45, 2.75) is 25.8 Å². The molecule has 98 valence electrons. The normalized spacial score (nSPS) is 13.8. The van der Waals surface area contributed by atoms with Crippen molar-refractivity contribution < 1.29 is 18.4 Å². The van der Waals surface area contributed by atoms with Crippen LogP contribution >= 0.6 is 0 Å². The Kier molecular flexibility index (Phi) is 3.95. The van der Waals surface area contributed by atoms with E-state index in [1.54, 1.807) is 6.92 Å². The standard InChI is InChI=1S/C11H13F2N3O2/c1-3-11(2,10(14)18)16-9(17)6-4-5-15-8(13)7(6)12/h4-5H,3H2,1-2H3,(H2,14,18)(H,16,17). The van der Waals surface area contributed by atoms with E-state index in [4.69, 9.17) is 5.73 Å². The van der Waals surface area contributed by atoms with Crippen LogP contribution in [0.1, 0.15) is 30.6 Å². The molecule has 2 amide bonds. The first-order valence-electron chi connectivity index (χ1n) is 5.24. The second kappa shape index (κ2) is 5.07. The average molecular weight is 257 g/mol. The molecule has 0 saturated carbocycles. The van der Waals surface area contributed by atoms with Crippen molar-refractivity contribution in [2.24, 2.45) is 5.73 Å². The summed E-state index contributed by atoms with van der Waals surface area (Å²) in [4.78, 5) is 26.0. The van der Waals surface area contributed by atoms with Gasteiger partial charge in [-0.15, -0.1) is 0 Å². The Morgan fingerprint density at radius 2 is 2.11 bits per heavy atom. The van der Waals surface area contributed by atoms with Gasteiger partial charge in [-0.2, -0.15) is 4.39 Å². The highest BCUT2D eigenvalue weighted by atomic mass is 19.2. The smallest absolute Gasteiger partial charge is 0.255 e. The van der Waals surface area contributed by atoms with Crippen molar-refractivity contribution in [1.29, 1.82) is 0 Å². The van der Waals surface area contributed by atoms with E-state index in [-0.39, 0.29) is 6.42 Å². The third-order valence-corrected chi connectivity index (χ3v) is 2.73. The van der Waals surface area contributed by atoms with E-state index in [2.05, 4.69) is 10.3 Å². The Morgan fingerprint density at radius 3 is 2.61 bits per heavy atom. The topological polar surface area (TPSA) is 85.1 Å². The number of rotatable bonds is 4. The Labute approximate surface area is 102 Å². The highest BCUT2D eigenvalue weighted by Crippen LogP contribution is 2.13. The van der Waals surface area contributed by atoms with Crippen LogP contribution < -0.4 is 11.1 Å². The molecule has 1 aromatic rings. The van der Waals surface area contributed by atoms with Gasteiger partial charge < -0.3 is 11.1 Å². The average Bonchev–Trinajstić information content (AvgIpc) is 2.32. The first kappa shape index (κ1) is 14.0. The molecule has 1 aromatic heterocycles. The fraction of sp³-hybridized carbons (Fsp3) is 0.364. The van der Waals surface area contributed by atoms with E-state index in [1.165, 1.54) is 6.92 Å². The van der Waals surface area contributed by atoms with Crippen LogP contribution in [-0.2, 0) is 4.79 Å². The lowest BCUT2D eigenvalue weighted by Gasteiger charge is -2.25. The van der Waals surface area contributed by atoms with Gasteiger partial charge in [0.25, 0.3) is 5.91 Å².